The number of thiophene rings is 1. The molecule has 20 heavy (non-hydrogen) atoms. The predicted octanol–water partition coefficient (Wildman–Crippen LogP) is 2.65. The van der Waals surface area contributed by atoms with Crippen molar-refractivity contribution in [2.24, 2.45) is 10.3 Å². The van der Waals surface area contributed by atoms with E-state index in [1.54, 1.807) is 11.3 Å². The minimum atomic E-state index is 0.265. The zero-order valence-corrected chi connectivity index (χ0v) is 11.3. The van der Waals surface area contributed by atoms with Crippen LogP contribution < -0.4 is 10.3 Å². The molecule has 8 heteroatoms. The third kappa shape index (κ3) is 1.88. The van der Waals surface area contributed by atoms with Crippen LogP contribution in [0.2, 0.25) is 0 Å². The number of aryl methyl sites for hydroxylation is 2. The Labute approximate surface area is 118 Å². The topological polar surface area (TPSA) is 81.0 Å². The Morgan fingerprint density at radius 2 is 2.25 bits per heavy atom. The van der Waals surface area contributed by atoms with Gasteiger partial charge in [0.2, 0.25) is 5.88 Å². The van der Waals surface area contributed by atoms with Crippen LogP contribution in [-0.2, 0) is 17.7 Å². The second-order valence-corrected chi connectivity index (χ2v) is 5.62. The van der Waals surface area contributed by atoms with Crippen LogP contribution in [0.25, 0.3) is 10.2 Å². The monoisotopic (exact) mass is 289 g/mol. The van der Waals surface area contributed by atoms with Crippen LogP contribution in [0.5, 0.6) is 5.88 Å². The van der Waals surface area contributed by atoms with Gasteiger partial charge in [0.25, 0.3) is 0 Å². The number of hydrogen-bond donors (Lipinski definition) is 1. The first-order valence-electron chi connectivity index (χ1n) is 6.36. The molecule has 0 atom stereocenters. The van der Waals surface area contributed by atoms with E-state index in [-0.39, 0.29) is 5.88 Å². The van der Waals surface area contributed by atoms with Gasteiger partial charge in [0.15, 0.2) is 6.26 Å². The van der Waals surface area contributed by atoms with E-state index in [0.717, 1.165) is 23.1 Å². The summed E-state index contributed by atoms with van der Waals surface area (Å²) in [7, 11) is 0. The van der Waals surface area contributed by atoms with E-state index in [0.29, 0.717) is 5.88 Å². The smallest absolute Gasteiger partial charge is 0.303 e. The predicted molar refractivity (Wildman–Crippen MR) is 71.8 cm³/mol. The van der Waals surface area contributed by atoms with Crippen molar-refractivity contribution in [1.82, 2.24) is 15.6 Å². The van der Waals surface area contributed by atoms with Gasteiger partial charge in [0.05, 0.1) is 5.39 Å². The fourth-order valence-electron chi connectivity index (χ4n) is 2.46. The highest BCUT2D eigenvalue weighted by Crippen LogP contribution is 2.39. The Kier molecular flexibility index (Phi) is 2.73. The van der Waals surface area contributed by atoms with Gasteiger partial charge in [-0.2, -0.15) is 0 Å². The Morgan fingerprint density at radius 1 is 1.30 bits per heavy atom. The molecule has 1 aliphatic heterocycles. The summed E-state index contributed by atoms with van der Waals surface area (Å²) in [6.45, 7) is 0. The molecule has 1 N–H and O–H groups in total. The normalized spacial score (nSPS) is 18.9. The second kappa shape index (κ2) is 4.71. The highest BCUT2D eigenvalue weighted by Gasteiger charge is 2.20. The first kappa shape index (κ1) is 11.6. The molecule has 1 aliphatic carbocycles. The molecule has 7 nitrogen and oxygen atoms in total. The van der Waals surface area contributed by atoms with E-state index in [2.05, 4.69) is 25.9 Å². The van der Waals surface area contributed by atoms with Crippen LogP contribution in [0.4, 0.5) is 0 Å². The van der Waals surface area contributed by atoms with Gasteiger partial charge in [-0.15, -0.1) is 16.9 Å². The lowest BCUT2D eigenvalue weighted by Crippen LogP contribution is -2.00. The standard InChI is InChI=1S/C12H11N5O2S/c1-2-4-8-7(3-1)10-11(13-6-14-12(10)20-8)18-5-9-15-16-17-19-9/h5-6H,1-4H2,(H,15,17)/b9-5+. The van der Waals surface area contributed by atoms with Crippen molar-refractivity contribution in [3.63, 3.8) is 0 Å². The molecule has 0 saturated heterocycles. The molecular formula is C12H11N5O2S. The van der Waals surface area contributed by atoms with Gasteiger partial charge in [-0.05, 0) is 36.5 Å². The lowest BCUT2D eigenvalue weighted by Gasteiger charge is -2.10. The molecule has 0 saturated carbocycles. The van der Waals surface area contributed by atoms with E-state index in [1.165, 1.54) is 35.9 Å². The van der Waals surface area contributed by atoms with Gasteiger partial charge in [0, 0.05) is 4.88 Å². The van der Waals surface area contributed by atoms with Gasteiger partial charge in [-0.25, -0.2) is 9.97 Å². The van der Waals surface area contributed by atoms with Crippen molar-refractivity contribution in [2.75, 3.05) is 0 Å². The number of nitrogens with zero attached hydrogens (tertiary/aromatic N) is 4. The molecule has 0 spiro atoms. The molecular weight excluding hydrogens is 278 g/mol. The van der Waals surface area contributed by atoms with Crippen LogP contribution >= 0.6 is 11.3 Å². The Bertz CT molecular complexity index is 724. The Morgan fingerprint density at radius 3 is 3.15 bits per heavy atom. The van der Waals surface area contributed by atoms with E-state index < -0.39 is 0 Å². The second-order valence-electron chi connectivity index (χ2n) is 4.54. The van der Waals surface area contributed by atoms with E-state index in [1.807, 2.05) is 0 Å². The van der Waals surface area contributed by atoms with Gasteiger partial charge >= 0.3 is 5.88 Å². The summed E-state index contributed by atoms with van der Waals surface area (Å²) in [4.78, 5) is 15.9. The molecule has 3 heterocycles. The minimum absolute atomic E-state index is 0.265. The number of ether oxygens (including phenoxy) is 1. The van der Waals surface area contributed by atoms with Crippen molar-refractivity contribution in [3.8, 4) is 5.88 Å². The van der Waals surface area contributed by atoms with E-state index >= 15 is 0 Å². The van der Waals surface area contributed by atoms with Crippen molar-refractivity contribution in [2.45, 2.75) is 25.7 Å². The van der Waals surface area contributed by atoms with Gasteiger partial charge in [-0.1, -0.05) is 5.11 Å². The summed E-state index contributed by atoms with van der Waals surface area (Å²) in [5.74, 6) is 0.813. The molecule has 0 radical (unpaired) electrons. The zero-order valence-electron chi connectivity index (χ0n) is 10.5. The Hall–Kier alpha value is -2.22. The van der Waals surface area contributed by atoms with Crippen molar-refractivity contribution in [1.29, 1.82) is 0 Å². The molecule has 0 fully saturated rings. The molecule has 0 unspecified atom stereocenters. The fraction of sp³-hybridized carbons (Fsp3) is 0.333. The third-order valence-electron chi connectivity index (χ3n) is 3.33. The molecule has 4 rings (SSSR count). The lowest BCUT2D eigenvalue weighted by molar-refractivity contribution is 0.133. The zero-order chi connectivity index (χ0) is 13.4. The summed E-state index contributed by atoms with van der Waals surface area (Å²) in [5.41, 5.74) is 3.60. The molecule has 2 aromatic rings. The molecule has 2 aromatic heterocycles. The molecule has 102 valence electrons. The van der Waals surface area contributed by atoms with Crippen LogP contribution in [-0.4, -0.2) is 9.97 Å². The lowest BCUT2D eigenvalue weighted by atomic mass is 9.97. The maximum Gasteiger partial charge on any atom is 0.303 e. The van der Waals surface area contributed by atoms with Crippen molar-refractivity contribution >= 4 is 21.6 Å². The quantitative estimate of drug-likeness (QED) is 0.859. The summed E-state index contributed by atoms with van der Waals surface area (Å²) < 4.78 is 5.60. The minimum Gasteiger partial charge on any atom is -0.440 e. The van der Waals surface area contributed by atoms with Crippen LogP contribution in [0.1, 0.15) is 23.3 Å². The third-order valence-corrected chi connectivity index (χ3v) is 4.53. The SMILES string of the molecule is C(/Oc1ncnc2sc3c(c12)CCCC3)=C1/N=NNO1. The maximum atomic E-state index is 5.60. The van der Waals surface area contributed by atoms with Gasteiger partial charge in [-0.3, -0.25) is 0 Å². The summed E-state index contributed by atoms with van der Waals surface area (Å²) in [6, 6.07) is 0. The number of fused-ring (bicyclic) bond motifs is 3. The molecule has 2 aliphatic rings. The summed E-state index contributed by atoms with van der Waals surface area (Å²) in [6.07, 6.45) is 7.54. The highest BCUT2D eigenvalue weighted by molar-refractivity contribution is 7.18. The largest absolute Gasteiger partial charge is 0.440 e. The average molecular weight is 289 g/mol. The van der Waals surface area contributed by atoms with Crippen LogP contribution in [0.3, 0.4) is 0 Å². The molecule has 0 aromatic carbocycles. The highest BCUT2D eigenvalue weighted by atomic mass is 32.1. The van der Waals surface area contributed by atoms with Gasteiger partial charge in [0.1, 0.15) is 11.2 Å². The molecule has 0 amide bonds. The number of rotatable bonds is 2. The maximum absolute atomic E-state index is 5.60. The molecule has 0 bridgehead atoms. The fourth-order valence-corrected chi connectivity index (χ4v) is 3.68. The average Bonchev–Trinajstić information content (AvgIpc) is 3.12. The number of hydrogen-bond acceptors (Lipinski definition) is 8. The van der Waals surface area contributed by atoms with Crippen LogP contribution in [0, 0.1) is 0 Å². The number of aromatic nitrogens is 2. The summed E-state index contributed by atoms with van der Waals surface area (Å²) >= 11 is 1.73. The van der Waals surface area contributed by atoms with E-state index in [4.69, 9.17) is 9.57 Å². The van der Waals surface area contributed by atoms with E-state index in [9.17, 15) is 0 Å². The van der Waals surface area contributed by atoms with Gasteiger partial charge < -0.3 is 9.57 Å². The van der Waals surface area contributed by atoms with Crippen LogP contribution in [0.15, 0.2) is 28.8 Å². The first-order valence-corrected chi connectivity index (χ1v) is 7.18. The number of nitrogens with one attached hydrogen (secondary N) is 1. The first-order chi connectivity index (χ1) is 9.92. The summed E-state index contributed by atoms with van der Waals surface area (Å²) in [5, 5.41) is 8.19. The van der Waals surface area contributed by atoms with Crippen molar-refractivity contribution < 1.29 is 9.57 Å². The van der Waals surface area contributed by atoms with Crippen molar-refractivity contribution in [3.05, 3.63) is 28.9 Å². The Balaban J connectivity index is 1.76.